The van der Waals surface area contributed by atoms with Crippen molar-refractivity contribution in [1.82, 2.24) is 5.32 Å². The molecular weight excluding hydrogens is 316 g/mol. The van der Waals surface area contributed by atoms with E-state index >= 15 is 0 Å². The largest absolute Gasteiger partial charge is 0.384 e. The summed E-state index contributed by atoms with van der Waals surface area (Å²) in [7, 11) is 0. The van der Waals surface area contributed by atoms with Crippen LogP contribution in [0, 0.1) is 13.8 Å². The lowest BCUT2D eigenvalue weighted by Crippen LogP contribution is -2.27. The van der Waals surface area contributed by atoms with Crippen LogP contribution in [-0.2, 0) is 10.5 Å². The summed E-state index contributed by atoms with van der Waals surface area (Å²) in [5.74, 6) is 2.03. The molecule has 0 bridgehead atoms. The number of thioether (sulfide) groups is 1. The van der Waals surface area contributed by atoms with E-state index in [4.69, 9.17) is 0 Å². The van der Waals surface area contributed by atoms with E-state index in [2.05, 4.69) is 54.8 Å². The molecule has 0 saturated heterocycles. The molecule has 0 atom stereocenters. The number of para-hydroxylation sites is 1. The van der Waals surface area contributed by atoms with Gasteiger partial charge in [0, 0.05) is 36.7 Å². The van der Waals surface area contributed by atoms with Gasteiger partial charge in [-0.05, 0) is 31.0 Å². The Morgan fingerprint density at radius 3 is 2.50 bits per heavy atom. The Hall–Kier alpha value is -1.94. The number of rotatable bonds is 9. The Morgan fingerprint density at radius 1 is 1.00 bits per heavy atom. The van der Waals surface area contributed by atoms with Gasteiger partial charge in [-0.15, -0.1) is 0 Å². The number of benzene rings is 2. The van der Waals surface area contributed by atoms with Gasteiger partial charge in [-0.25, -0.2) is 0 Å². The average Bonchev–Trinajstić information content (AvgIpc) is 2.58. The molecule has 0 aliphatic carbocycles. The van der Waals surface area contributed by atoms with Crippen LogP contribution in [0.15, 0.2) is 48.5 Å². The third kappa shape index (κ3) is 6.67. The van der Waals surface area contributed by atoms with E-state index in [1.165, 1.54) is 16.7 Å². The molecule has 24 heavy (non-hydrogen) atoms. The van der Waals surface area contributed by atoms with Crippen LogP contribution in [0.4, 0.5) is 5.69 Å². The van der Waals surface area contributed by atoms with E-state index in [9.17, 15) is 4.79 Å². The maximum atomic E-state index is 11.8. The lowest BCUT2D eigenvalue weighted by Gasteiger charge is -2.09. The quantitative estimate of drug-likeness (QED) is 0.673. The van der Waals surface area contributed by atoms with Crippen molar-refractivity contribution in [2.75, 3.05) is 24.2 Å². The van der Waals surface area contributed by atoms with Gasteiger partial charge in [0.15, 0.2) is 0 Å². The number of aryl methyl sites for hydroxylation is 2. The lowest BCUT2D eigenvalue weighted by atomic mass is 10.2. The minimum Gasteiger partial charge on any atom is -0.384 e. The highest BCUT2D eigenvalue weighted by atomic mass is 32.2. The zero-order valence-corrected chi connectivity index (χ0v) is 15.3. The summed E-state index contributed by atoms with van der Waals surface area (Å²) in [6, 6.07) is 16.7. The van der Waals surface area contributed by atoms with Crippen LogP contribution in [0.25, 0.3) is 0 Å². The summed E-state index contributed by atoms with van der Waals surface area (Å²) in [4.78, 5) is 11.8. The van der Waals surface area contributed by atoms with Crippen molar-refractivity contribution in [3.8, 4) is 0 Å². The first-order valence-electron chi connectivity index (χ1n) is 8.34. The SMILES string of the molecule is Cc1ccc(CSCCNC(=O)CCNc2ccccc2C)cc1. The van der Waals surface area contributed by atoms with Crippen molar-refractivity contribution in [3.05, 3.63) is 65.2 Å². The second-order valence-electron chi connectivity index (χ2n) is 5.88. The zero-order valence-electron chi connectivity index (χ0n) is 14.5. The third-order valence-corrected chi connectivity index (χ3v) is 4.80. The fourth-order valence-corrected chi connectivity index (χ4v) is 3.13. The van der Waals surface area contributed by atoms with Crippen molar-refractivity contribution in [3.63, 3.8) is 0 Å². The highest BCUT2D eigenvalue weighted by Gasteiger charge is 2.02. The molecule has 0 spiro atoms. The fourth-order valence-electron chi connectivity index (χ4n) is 2.31. The Balaban J connectivity index is 1.53. The molecule has 128 valence electrons. The normalized spacial score (nSPS) is 10.4. The predicted molar refractivity (Wildman–Crippen MR) is 105 cm³/mol. The van der Waals surface area contributed by atoms with Gasteiger partial charge >= 0.3 is 0 Å². The molecule has 0 aliphatic rings. The van der Waals surface area contributed by atoms with Crippen molar-refractivity contribution in [2.45, 2.75) is 26.0 Å². The van der Waals surface area contributed by atoms with Crippen LogP contribution in [0.1, 0.15) is 23.1 Å². The summed E-state index contributed by atoms with van der Waals surface area (Å²) in [5, 5.41) is 6.28. The molecule has 4 heteroatoms. The fraction of sp³-hybridized carbons (Fsp3) is 0.350. The number of hydrogen-bond donors (Lipinski definition) is 2. The van der Waals surface area contributed by atoms with Crippen LogP contribution >= 0.6 is 11.8 Å². The van der Waals surface area contributed by atoms with E-state index < -0.39 is 0 Å². The Labute approximate surface area is 149 Å². The van der Waals surface area contributed by atoms with Gasteiger partial charge in [-0.3, -0.25) is 4.79 Å². The molecule has 3 nitrogen and oxygen atoms in total. The second-order valence-corrected chi connectivity index (χ2v) is 6.99. The molecular formula is C20H26N2OS. The molecule has 2 aromatic carbocycles. The monoisotopic (exact) mass is 342 g/mol. The van der Waals surface area contributed by atoms with Gasteiger partial charge in [-0.1, -0.05) is 48.0 Å². The van der Waals surface area contributed by atoms with Crippen molar-refractivity contribution in [2.24, 2.45) is 0 Å². The lowest BCUT2D eigenvalue weighted by molar-refractivity contribution is -0.120. The van der Waals surface area contributed by atoms with Crippen LogP contribution in [0.2, 0.25) is 0 Å². The molecule has 0 heterocycles. The van der Waals surface area contributed by atoms with E-state index in [0.717, 1.165) is 23.7 Å². The van der Waals surface area contributed by atoms with Gasteiger partial charge in [0.1, 0.15) is 0 Å². The summed E-state index contributed by atoms with van der Waals surface area (Å²) >= 11 is 1.85. The minimum absolute atomic E-state index is 0.104. The molecule has 0 radical (unpaired) electrons. The highest BCUT2D eigenvalue weighted by molar-refractivity contribution is 7.98. The minimum atomic E-state index is 0.104. The number of hydrogen-bond acceptors (Lipinski definition) is 3. The smallest absolute Gasteiger partial charge is 0.221 e. The number of carbonyl (C=O) groups is 1. The van der Waals surface area contributed by atoms with E-state index in [1.54, 1.807) is 0 Å². The first-order chi connectivity index (χ1) is 11.6. The van der Waals surface area contributed by atoms with Crippen LogP contribution in [0.3, 0.4) is 0 Å². The maximum absolute atomic E-state index is 11.8. The summed E-state index contributed by atoms with van der Waals surface area (Å²) < 4.78 is 0. The molecule has 0 fully saturated rings. The predicted octanol–water partition coefficient (Wildman–Crippen LogP) is 4.16. The van der Waals surface area contributed by atoms with Gasteiger partial charge in [0.05, 0.1) is 0 Å². The first-order valence-corrected chi connectivity index (χ1v) is 9.50. The second kappa shape index (κ2) is 10.0. The molecule has 2 aromatic rings. The zero-order chi connectivity index (χ0) is 17.2. The third-order valence-electron chi connectivity index (χ3n) is 3.77. The molecule has 0 unspecified atom stereocenters. The van der Waals surface area contributed by atoms with Crippen LogP contribution in [-0.4, -0.2) is 24.7 Å². The standard InChI is InChI=1S/C20H26N2OS/c1-16-7-9-18(10-8-16)15-24-14-13-22-20(23)11-12-21-19-6-4-3-5-17(19)2/h3-10,21H,11-15H2,1-2H3,(H,22,23). The Kier molecular flexibility index (Phi) is 7.69. The van der Waals surface area contributed by atoms with Crippen molar-refractivity contribution in [1.29, 1.82) is 0 Å². The summed E-state index contributed by atoms with van der Waals surface area (Å²) in [6.45, 7) is 5.54. The highest BCUT2D eigenvalue weighted by Crippen LogP contribution is 2.13. The topological polar surface area (TPSA) is 41.1 Å². The van der Waals surface area contributed by atoms with E-state index in [1.807, 2.05) is 30.0 Å². The van der Waals surface area contributed by atoms with Crippen LogP contribution < -0.4 is 10.6 Å². The summed E-state index contributed by atoms with van der Waals surface area (Å²) in [6.07, 6.45) is 0.497. The number of nitrogens with one attached hydrogen (secondary N) is 2. The van der Waals surface area contributed by atoms with Gasteiger partial charge in [0.2, 0.25) is 5.91 Å². The molecule has 2 N–H and O–H groups in total. The molecule has 0 aromatic heterocycles. The molecule has 0 aliphatic heterocycles. The Bertz CT molecular complexity index is 640. The number of amides is 1. The van der Waals surface area contributed by atoms with Crippen molar-refractivity contribution < 1.29 is 4.79 Å². The first kappa shape index (κ1) is 18.4. The molecule has 1 amide bonds. The Morgan fingerprint density at radius 2 is 1.75 bits per heavy atom. The average molecular weight is 343 g/mol. The number of anilines is 1. The van der Waals surface area contributed by atoms with Gasteiger partial charge in [-0.2, -0.15) is 11.8 Å². The van der Waals surface area contributed by atoms with Gasteiger partial charge < -0.3 is 10.6 Å². The molecule has 0 saturated carbocycles. The van der Waals surface area contributed by atoms with E-state index in [-0.39, 0.29) is 5.91 Å². The summed E-state index contributed by atoms with van der Waals surface area (Å²) in [5.41, 5.74) is 4.92. The molecule has 2 rings (SSSR count). The van der Waals surface area contributed by atoms with E-state index in [0.29, 0.717) is 13.0 Å². The maximum Gasteiger partial charge on any atom is 0.221 e. The van der Waals surface area contributed by atoms with Gasteiger partial charge in [0.25, 0.3) is 0 Å². The van der Waals surface area contributed by atoms with Crippen LogP contribution in [0.5, 0.6) is 0 Å². The van der Waals surface area contributed by atoms with Crippen molar-refractivity contribution >= 4 is 23.4 Å². The number of carbonyl (C=O) groups excluding carboxylic acids is 1.